The Hall–Kier alpha value is -2.48. The molecule has 3 N–H and O–H groups in total. The number of piperidine rings is 1. The number of unbranched alkanes of at least 4 members (excludes halogenated alkanes) is 5. The summed E-state index contributed by atoms with van der Waals surface area (Å²) < 4.78 is 12.8. The first-order chi connectivity index (χ1) is 23.6. The fraction of sp³-hybridized carbons (Fsp3) is 0.718. The van der Waals surface area contributed by atoms with Crippen LogP contribution in [0.2, 0.25) is 0 Å². The summed E-state index contributed by atoms with van der Waals surface area (Å²) in [5, 5.41) is 24.5. The van der Waals surface area contributed by atoms with Gasteiger partial charge in [0.05, 0.1) is 6.10 Å². The summed E-state index contributed by atoms with van der Waals surface area (Å²) in [5.41, 5.74) is 3.34. The number of aromatic hydroxyl groups is 1. The van der Waals surface area contributed by atoms with E-state index in [1.54, 1.807) is 13.0 Å². The summed E-state index contributed by atoms with van der Waals surface area (Å²) in [5.74, 6) is 1.74. The van der Waals surface area contributed by atoms with Gasteiger partial charge in [-0.05, 0) is 88.8 Å². The summed E-state index contributed by atoms with van der Waals surface area (Å²) in [6.07, 6.45) is 13.3. The van der Waals surface area contributed by atoms with E-state index < -0.39 is 6.29 Å². The number of benzene rings is 1. The van der Waals surface area contributed by atoms with Crippen molar-refractivity contribution in [1.29, 1.82) is 0 Å². The first kappa shape index (κ1) is 39.3. The van der Waals surface area contributed by atoms with Crippen LogP contribution in [-0.2, 0) is 24.5 Å². The largest absolute Gasteiger partial charge is 0.504 e. The van der Waals surface area contributed by atoms with Crippen molar-refractivity contribution in [1.82, 2.24) is 10.2 Å². The highest BCUT2D eigenvalue weighted by atomic mass is 31.0. The lowest BCUT2D eigenvalue weighted by Gasteiger charge is -2.55. The van der Waals surface area contributed by atoms with Gasteiger partial charge in [-0.15, -0.1) is 9.24 Å². The van der Waals surface area contributed by atoms with Crippen molar-refractivity contribution >= 4 is 32.8 Å². The molecule has 1 saturated carbocycles. The van der Waals surface area contributed by atoms with Gasteiger partial charge in [0.15, 0.2) is 17.8 Å². The van der Waals surface area contributed by atoms with Gasteiger partial charge < -0.3 is 29.9 Å². The second kappa shape index (κ2) is 18.7. The zero-order valence-corrected chi connectivity index (χ0v) is 31.5. The van der Waals surface area contributed by atoms with Crippen molar-refractivity contribution in [3.8, 4) is 11.5 Å². The molecule has 1 aromatic carbocycles. The van der Waals surface area contributed by atoms with Crippen LogP contribution in [0.5, 0.6) is 11.5 Å². The third-order valence-corrected chi connectivity index (χ3v) is 11.2. The molecule has 1 amide bonds. The van der Waals surface area contributed by atoms with Crippen molar-refractivity contribution in [2.24, 2.45) is 11.8 Å². The summed E-state index contributed by atoms with van der Waals surface area (Å²) in [6, 6.07) is 3.71. The molecule has 2 fully saturated rings. The van der Waals surface area contributed by atoms with Crippen LogP contribution in [0.1, 0.15) is 128 Å². The maximum absolute atomic E-state index is 12.4. The first-order valence-electron chi connectivity index (χ1n) is 18.8. The molecule has 4 aliphatic rings. The molecule has 2 aliphatic heterocycles. The number of ether oxygens (including phenoxy) is 2. The van der Waals surface area contributed by atoms with Crippen molar-refractivity contribution in [2.75, 3.05) is 26.8 Å². The van der Waals surface area contributed by atoms with Crippen LogP contribution < -0.4 is 10.1 Å². The van der Waals surface area contributed by atoms with Gasteiger partial charge in [-0.3, -0.25) is 14.4 Å². The van der Waals surface area contributed by atoms with E-state index in [-0.39, 0.29) is 46.8 Å². The highest BCUT2D eigenvalue weighted by Gasteiger charge is 2.64. The highest BCUT2D eigenvalue weighted by molar-refractivity contribution is 7.15. The van der Waals surface area contributed by atoms with E-state index in [1.165, 1.54) is 5.70 Å². The van der Waals surface area contributed by atoms with Gasteiger partial charge in [0.25, 0.3) is 0 Å². The van der Waals surface area contributed by atoms with Crippen LogP contribution in [-0.4, -0.2) is 77.9 Å². The fourth-order valence-electron chi connectivity index (χ4n) is 8.40. The minimum absolute atomic E-state index is 0.0793. The van der Waals surface area contributed by atoms with Gasteiger partial charge in [0, 0.05) is 67.9 Å². The number of aliphatic hydroxyl groups excluding tert-OH is 1. The molecule has 2 aliphatic carbocycles. The second-order valence-corrected chi connectivity index (χ2v) is 14.5. The SMILES string of the molecule is CC(=O)C(C)CCCCNC(=O)CCCCCCC(=O)CCCCC(O)OC1CCC2C3=Cc4ccc(O)c5c4C2(CCN3C)C1O5.CP. The molecule has 1 aromatic rings. The molecule has 2 heterocycles. The average Bonchev–Trinajstić information content (AvgIpc) is 3.44. The van der Waals surface area contributed by atoms with Crippen molar-refractivity contribution < 1.29 is 34.1 Å². The molecule has 0 aromatic heterocycles. The standard InChI is InChI=1S/C38H56N2O7.CH5P/c1-25(26(2)41)12-10-11-22-39-33(44)15-7-5-4-6-13-28(42)14-8-9-16-34(45)46-32-20-18-29-30-24-27-17-19-31(43)36-35(27)38(29,37(32)47-36)21-23-40(30)3;1-2/h17,19,24-25,29,32,34,37,43,45H,4-16,18,20-23H2,1-3H3,(H,39,44);2H2,1H3. The van der Waals surface area contributed by atoms with E-state index >= 15 is 0 Å². The number of carbonyl (C=O) groups is 3. The Morgan fingerprint density at radius 1 is 1.02 bits per heavy atom. The molecule has 5 rings (SSSR count). The number of phenols is 1. The number of Topliss-reactive ketones (excluding diaryl/α,β-unsaturated/α-hetero) is 2. The zero-order chi connectivity index (χ0) is 35.6. The van der Waals surface area contributed by atoms with E-state index in [2.05, 4.69) is 32.6 Å². The predicted octanol–water partition coefficient (Wildman–Crippen LogP) is 6.67. The van der Waals surface area contributed by atoms with Crippen LogP contribution in [0.25, 0.3) is 6.08 Å². The number of carbonyl (C=O) groups excluding carboxylic acids is 3. The van der Waals surface area contributed by atoms with Crippen LogP contribution in [0.4, 0.5) is 0 Å². The van der Waals surface area contributed by atoms with Gasteiger partial charge in [0.2, 0.25) is 5.91 Å². The summed E-state index contributed by atoms with van der Waals surface area (Å²) >= 11 is 0. The number of allylic oxidation sites excluding steroid dienone is 1. The molecule has 1 saturated heterocycles. The number of phenolic OH excluding ortho intramolecular Hbond substituents is 1. The molecule has 1 spiro atoms. The second-order valence-electron chi connectivity index (χ2n) is 14.5. The molecular weight excluding hydrogens is 639 g/mol. The third kappa shape index (κ3) is 9.45. The Kier molecular flexibility index (Phi) is 15.0. The number of nitrogens with one attached hydrogen (secondary N) is 1. The topological polar surface area (TPSA) is 125 Å². The smallest absolute Gasteiger partial charge is 0.219 e. The summed E-state index contributed by atoms with van der Waals surface area (Å²) in [7, 11) is 4.57. The lowest BCUT2D eigenvalue weighted by molar-refractivity contribution is -0.188. The fourth-order valence-corrected chi connectivity index (χ4v) is 8.40. The predicted molar refractivity (Wildman–Crippen MR) is 197 cm³/mol. The highest BCUT2D eigenvalue weighted by Crippen LogP contribution is 2.64. The van der Waals surface area contributed by atoms with Crippen LogP contribution in [0.15, 0.2) is 17.8 Å². The van der Waals surface area contributed by atoms with Crippen molar-refractivity contribution in [3.63, 3.8) is 0 Å². The number of aliphatic hydroxyl groups is 1. The van der Waals surface area contributed by atoms with Crippen LogP contribution in [0, 0.1) is 11.8 Å². The molecule has 49 heavy (non-hydrogen) atoms. The maximum atomic E-state index is 12.4. The Bertz CT molecular complexity index is 1320. The minimum Gasteiger partial charge on any atom is -0.504 e. The van der Waals surface area contributed by atoms with E-state index in [9.17, 15) is 24.6 Å². The Balaban J connectivity index is 0.00000265. The number of hydrogen-bond donors (Lipinski definition) is 3. The van der Waals surface area contributed by atoms with Crippen LogP contribution >= 0.6 is 9.24 Å². The molecule has 10 heteroatoms. The van der Waals surface area contributed by atoms with Gasteiger partial charge in [-0.2, -0.15) is 0 Å². The number of amides is 1. The van der Waals surface area contributed by atoms with Crippen LogP contribution in [0.3, 0.4) is 0 Å². The molecule has 0 radical (unpaired) electrons. The monoisotopic (exact) mass is 700 g/mol. The Labute approximate surface area is 296 Å². The van der Waals surface area contributed by atoms with Gasteiger partial charge in [0.1, 0.15) is 17.7 Å². The van der Waals surface area contributed by atoms with E-state index in [0.29, 0.717) is 50.3 Å². The van der Waals surface area contributed by atoms with Crippen molar-refractivity contribution in [2.45, 2.75) is 140 Å². The molecule has 7 atom stereocenters. The Morgan fingerprint density at radius 3 is 2.45 bits per heavy atom. The first-order valence-corrected chi connectivity index (χ1v) is 19.9. The van der Waals surface area contributed by atoms with E-state index in [4.69, 9.17) is 9.47 Å². The molecular formula is C39H61N2O7P. The number of rotatable bonds is 20. The van der Waals surface area contributed by atoms with Gasteiger partial charge >= 0.3 is 0 Å². The normalized spacial score (nSPS) is 24.1. The lowest BCUT2D eigenvalue weighted by Crippen LogP contribution is -2.61. The van der Waals surface area contributed by atoms with E-state index in [1.807, 2.05) is 19.7 Å². The quantitative estimate of drug-likeness (QED) is 0.0783. The lowest BCUT2D eigenvalue weighted by atomic mass is 9.54. The average molecular weight is 701 g/mol. The zero-order valence-electron chi connectivity index (χ0n) is 30.3. The van der Waals surface area contributed by atoms with E-state index in [0.717, 1.165) is 88.3 Å². The third-order valence-electron chi connectivity index (χ3n) is 11.2. The summed E-state index contributed by atoms with van der Waals surface area (Å²) in [4.78, 5) is 38.1. The summed E-state index contributed by atoms with van der Waals surface area (Å²) in [6.45, 7) is 7.07. The minimum atomic E-state index is -0.916. The number of ketones is 2. The maximum Gasteiger partial charge on any atom is 0.219 e. The molecule has 9 nitrogen and oxygen atoms in total. The Morgan fingerprint density at radius 2 is 1.71 bits per heavy atom. The molecule has 2 bridgehead atoms. The number of hydrogen-bond acceptors (Lipinski definition) is 8. The molecule has 274 valence electrons. The van der Waals surface area contributed by atoms with Gasteiger partial charge in [-0.25, -0.2) is 0 Å². The number of nitrogens with zero attached hydrogens (tertiary/aromatic N) is 1. The number of likely N-dealkylation sites (tertiary alicyclic amines) is 1. The van der Waals surface area contributed by atoms with Gasteiger partial charge in [-0.1, -0.05) is 38.9 Å². The van der Waals surface area contributed by atoms with Crippen molar-refractivity contribution in [3.05, 3.63) is 29.0 Å². The molecule has 7 unspecified atom stereocenters.